The fourth-order valence-electron chi connectivity index (χ4n) is 2.74. The van der Waals surface area contributed by atoms with Crippen molar-refractivity contribution in [2.24, 2.45) is 0 Å². The fourth-order valence-corrected chi connectivity index (χ4v) is 2.74. The summed E-state index contributed by atoms with van der Waals surface area (Å²) in [5, 5.41) is 12.3. The molecule has 0 bridgehead atoms. The van der Waals surface area contributed by atoms with E-state index in [-0.39, 0.29) is 5.91 Å². The first-order chi connectivity index (χ1) is 12.0. The number of carbonyl (C=O) groups excluding carboxylic acids is 1. The first-order valence-corrected chi connectivity index (χ1v) is 8.40. The van der Waals surface area contributed by atoms with E-state index in [2.05, 4.69) is 16.4 Å². The lowest BCUT2D eigenvalue weighted by Gasteiger charge is -2.15. The highest BCUT2D eigenvalue weighted by atomic mass is 16.1. The van der Waals surface area contributed by atoms with E-state index in [9.17, 15) is 10.1 Å². The van der Waals surface area contributed by atoms with Crippen molar-refractivity contribution >= 4 is 11.5 Å². The van der Waals surface area contributed by atoms with Crippen LogP contribution < -0.4 is 5.32 Å². The number of aromatic nitrogens is 1. The summed E-state index contributed by atoms with van der Waals surface area (Å²) in [6, 6.07) is 9.81. The summed E-state index contributed by atoms with van der Waals surface area (Å²) in [5.41, 5.74) is 6.10. The van der Waals surface area contributed by atoms with Crippen LogP contribution in [0.4, 0.5) is 0 Å². The summed E-state index contributed by atoms with van der Waals surface area (Å²) in [6.45, 7) is 8.45. The summed E-state index contributed by atoms with van der Waals surface area (Å²) < 4.78 is 0. The van der Waals surface area contributed by atoms with E-state index in [0.29, 0.717) is 17.7 Å². The Morgan fingerprint density at radius 1 is 1.24 bits per heavy atom. The number of nitrogens with one attached hydrogen (secondary N) is 1. The molecule has 1 N–H and O–H groups in total. The van der Waals surface area contributed by atoms with E-state index < -0.39 is 0 Å². The van der Waals surface area contributed by atoms with Gasteiger partial charge in [-0.05, 0) is 79.3 Å². The van der Waals surface area contributed by atoms with Crippen molar-refractivity contribution in [2.45, 2.75) is 34.1 Å². The average Bonchev–Trinajstić information content (AvgIpc) is 2.65. The van der Waals surface area contributed by atoms with E-state index in [1.807, 2.05) is 52.0 Å². The van der Waals surface area contributed by atoms with Crippen molar-refractivity contribution in [3.8, 4) is 17.2 Å². The van der Waals surface area contributed by atoms with Gasteiger partial charge >= 0.3 is 0 Å². The van der Waals surface area contributed by atoms with E-state index in [0.717, 1.165) is 34.2 Å². The number of carbonyl (C=O) groups is 1. The lowest BCUT2D eigenvalue weighted by molar-refractivity contribution is -0.117. The van der Waals surface area contributed by atoms with E-state index in [1.165, 1.54) is 0 Å². The molecule has 0 aliphatic rings. The number of allylic oxidation sites excluding steroid dienone is 1. The van der Waals surface area contributed by atoms with Crippen molar-refractivity contribution < 1.29 is 4.79 Å². The molecule has 0 aliphatic carbocycles. The van der Waals surface area contributed by atoms with Gasteiger partial charge in [-0.1, -0.05) is 6.92 Å². The largest absolute Gasteiger partial charge is 0.352 e. The number of nitriles is 1. The molecule has 2 aromatic rings. The molecule has 1 aromatic carbocycles. The molecule has 1 heterocycles. The number of pyridine rings is 1. The van der Waals surface area contributed by atoms with Crippen LogP contribution in [0.3, 0.4) is 0 Å². The van der Waals surface area contributed by atoms with Gasteiger partial charge in [-0.15, -0.1) is 0 Å². The van der Waals surface area contributed by atoms with Gasteiger partial charge in [0.25, 0.3) is 0 Å². The van der Waals surface area contributed by atoms with Crippen LogP contribution >= 0.6 is 0 Å². The van der Waals surface area contributed by atoms with Gasteiger partial charge < -0.3 is 5.32 Å². The third-order valence-electron chi connectivity index (χ3n) is 4.37. The molecule has 0 unspecified atom stereocenters. The molecule has 4 heteroatoms. The number of nitrogens with zero attached hydrogens (tertiary/aromatic N) is 2. The van der Waals surface area contributed by atoms with Crippen molar-refractivity contribution in [1.29, 1.82) is 5.26 Å². The van der Waals surface area contributed by atoms with Gasteiger partial charge in [-0.25, -0.2) is 0 Å². The van der Waals surface area contributed by atoms with Crippen LogP contribution in [0.1, 0.15) is 43.9 Å². The molecule has 1 aromatic heterocycles. The van der Waals surface area contributed by atoms with Crippen molar-refractivity contribution in [3.05, 3.63) is 58.9 Å². The van der Waals surface area contributed by atoms with Gasteiger partial charge in [-0.3, -0.25) is 9.78 Å². The van der Waals surface area contributed by atoms with Crippen LogP contribution in [-0.2, 0) is 4.79 Å². The minimum absolute atomic E-state index is 0.0634. The zero-order valence-corrected chi connectivity index (χ0v) is 15.2. The Labute approximate surface area is 149 Å². The second-order valence-electron chi connectivity index (χ2n) is 6.05. The minimum atomic E-state index is -0.0634. The molecule has 128 valence electrons. The van der Waals surface area contributed by atoms with Gasteiger partial charge in [-0.2, -0.15) is 5.26 Å². The molecule has 0 saturated heterocycles. The lowest BCUT2D eigenvalue weighted by atomic mass is 9.89. The number of rotatable bonds is 5. The summed E-state index contributed by atoms with van der Waals surface area (Å²) in [4.78, 5) is 16.3. The van der Waals surface area contributed by atoms with Crippen molar-refractivity contribution in [1.82, 2.24) is 10.3 Å². The summed E-state index contributed by atoms with van der Waals surface area (Å²) >= 11 is 0. The normalized spacial score (nSPS) is 11.5. The maximum absolute atomic E-state index is 12.3. The Balaban J connectivity index is 2.58. The second kappa shape index (κ2) is 8.25. The first kappa shape index (κ1) is 18.4. The smallest absolute Gasteiger partial charge is 0.247 e. The quantitative estimate of drug-likeness (QED) is 0.832. The molecule has 0 aliphatic heterocycles. The van der Waals surface area contributed by atoms with Crippen LogP contribution in [0.15, 0.2) is 42.2 Å². The zero-order valence-electron chi connectivity index (χ0n) is 15.2. The number of amides is 1. The van der Waals surface area contributed by atoms with Crippen molar-refractivity contribution in [3.63, 3.8) is 0 Å². The minimum Gasteiger partial charge on any atom is -0.352 e. The molecular weight excluding hydrogens is 310 g/mol. The van der Waals surface area contributed by atoms with Gasteiger partial charge in [0, 0.05) is 24.5 Å². The molecule has 1 amide bonds. The van der Waals surface area contributed by atoms with E-state index >= 15 is 0 Å². The Hall–Kier alpha value is -2.93. The Bertz CT molecular complexity index is 845. The van der Waals surface area contributed by atoms with Crippen LogP contribution in [-0.4, -0.2) is 17.4 Å². The predicted molar refractivity (Wildman–Crippen MR) is 101 cm³/mol. The number of benzene rings is 1. The standard InChI is InChI=1S/C21H23N3O/c1-5-8-24-21(25)15(3)14(2)19-11-17(13-22)12-20(16(19)4)18-6-9-23-10-7-18/h6-7,9-12H,5,8H2,1-4H3,(H,24,25)/b15-14+. The lowest BCUT2D eigenvalue weighted by Crippen LogP contribution is -2.25. The molecule has 0 fully saturated rings. The van der Waals surface area contributed by atoms with Crippen LogP contribution in [0.25, 0.3) is 16.7 Å². The maximum Gasteiger partial charge on any atom is 0.247 e. The monoisotopic (exact) mass is 333 g/mol. The molecular formula is C21H23N3O. The average molecular weight is 333 g/mol. The van der Waals surface area contributed by atoms with Gasteiger partial charge in [0.15, 0.2) is 0 Å². The van der Waals surface area contributed by atoms with Gasteiger partial charge in [0.05, 0.1) is 11.6 Å². The Morgan fingerprint density at radius 3 is 2.52 bits per heavy atom. The highest BCUT2D eigenvalue weighted by molar-refractivity contribution is 6.01. The summed E-state index contributed by atoms with van der Waals surface area (Å²) in [6.07, 6.45) is 4.37. The molecule has 0 spiro atoms. The Morgan fingerprint density at radius 2 is 1.92 bits per heavy atom. The molecule has 0 radical (unpaired) electrons. The number of hydrogen-bond acceptors (Lipinski definition) is 3. The van der Waals surface area contributed by atoms with Crippen LogP contribution in [0.5, 0.6) is 0 Å². The number of hydrogen-bond donors (Lipinski definition) is 1. The van der Waals surface area contributed by atoms with Crippen molar-refractivity contribution in [2.75, 3.05) is 6.54 Å². The Kier molecular flexibility index (Phi) is 6.08. The highest BCUT2D eigenvalue weighted by Gasteiger charge is 2.14. The van der Waals surface area contributed by atoms with E-state index in [1.54, 1.807) is 12.4 Å². The first-order valence-electron chi connectivity index (χ1n) is 8.40. The van der Waals surface area contributed by atoms with Crippen LogP contribution in [0, 0.1) is 18.3 Å². The van der Waals surface area contributed by atoms with Crippen LogP contribution in [0.2, 0.25) is 0 Å². The summed E-state index contributed by atoms with van der Waals surface area (Å²) in [7, 11) is 0. The SMILES string of the molecule is CCCNC(=O)/C(C)=C(\C)c1cc(C#N)cc(-c2ccncc2)c1C. The summed E-state index contributed by atoms with van der Waals surface area (Å²) in [5.74, 6) is -0.0634. The highest BCUT2D eigenvalue weighted by Crippen LogP contribution is 2.31. The molecule has 0 atom stereocenters. The molecule has 4 nitrogen and oxygen atoms in total. The van der Waals surface area contributed by atoms with E-state index in [4.69, 9.17) is 0 Å². The predicted octanol–water partition coefficient (Wildman–Crippen LogP) is 4.25. The fraction of sp³-hybridized carbons (Fsp3) is 0.286. The third-order valence-corrected chi connectivity index (χ3v) is 4.37. The molecule has 2 rings (SSSR count). The van der Waals surface area contributed by atoms with Gasteiger partial charge in [0.2, 0.25) is 5.91 Å². The van der Waals surface area contributed by atoms with Gasteiger partial charge in [0.1, 0.15) is 0 Å². The second-order valence-corrected chi connectivity index (χ2v) is 6.05. The molecule has 25 heavy (non-hydrogen) atoms. The topological polar surface area (TPSA) is 65.8 Å². The molecule has 0 saturated carbocycles. The maximum atomic E-state index is 12.3. The third kappa shape index (κ3) is 4.13. The zero-order chi connectivity index (χ0) is 18.4.